The molecule has 0 radical (unpaired) electrons. The fourth-order valence-corrected chi connectivity index (χ4v) is 2.52. The molecule has 0 aromatic rings. The Morgan fingerprint density at radius 3 is 1.44 bits per heavy atom. The van der Waals surface area contributed by atoms with Gasteiger partial charge in [0.1, 0.15) is 0 Å². The second-order valence-electron chi connectivity index (χ2n) is 2.44. The van der Waals surface area contributed by atoms with E-state index in [0.717, 1.165) is 19.3 Å². The predicted molar refractivity (Wildman–Crippen MR) is 34.3 cm³/mol. The summed E-state index contributed by atoms with van der Waals surface area (Å²) in [6.45, 7) is 6.45. The molecule has 0 spiro atoms. The fourth-order valence-electron chi connectivity index (χ4n) is 0.967. The molecule has 0 aromatic carbocycles. The van der Waals surface area contributed by atoms with Crippen molar-refractivity contribution in [1.29, 1.82) is 0 Å². The standard InChI is InChI=1S/C7H15.Hf.O/c1-4-7(5-2)6-3;;/h4-6H2,1-3H3;;. The van der Waals surface area contributed by atoms with Gasteiger partial charge in [0.25, 0.3) is 0 Å². The van der Waals surface area contributed by atoms with Gasteiger partial charge in [0, 0.05) is 0 Å². The Morgan fingerprint density at radius 1 is 1.11 bits per heavy atom. The summed E-state index contributed by atoms with van der Waals surface area (Å²) in [6, 6.07) is 0. The molecule has 53 valence electrons. The van der Waals surface area contributed by atoms with Crippen molar-refractivity contribution in [3.63, 3.8) is 0 Å². The molecule has 0 heterocycles. The molecule has 1 nitrogen and oxygen atoms in total. The van der Waals surface area contributed by atoms with Gasteiger partial charge in [0.2, 0.25) is 0 Å². The van der Waals surface area contributed by atoms with Gasteiger partial charge < -0.3 is 0 Å². The van der Waals surface area contributed by atoms with Crippen LogP contribution in [0.5, 0.6) is 0 Å². The summed E-state index contributed by atoms with van der Waals surface area (Å²) in [5.74, 6) is 0. The number of rotatable bonds is 4. The molecule has 0 saturated carbocycles. The van der Waals surface area contributed by atoms with Gasteiger partial charge in [-0.2, -0.15) is 0 Å². The van der Waals surface area contributed by atoms with Crippen molar-refractivity contribution < 1.29 is 25.8 Å². The molecule has 0 unspecified atom stereocenters. The monoisotopic (exact) mass is 295 g/mol. The van der Waals surface area contributed by atoms with E-state index >= 15 is 0 Å². The van der Waals surface area contributed by atoms with Gasteiger partial charge in [0.05, 0.1) is 0 Å². The van der Waals surface area contributed by atoms with Crippen LogP contribution in [0.3, 0.4) is 0 Å². The van der Waals surface area contributed by atoms with E-state index < -0.39 is 22.9 Å². The van der Waals surface area contributed by atoms with Crippen LogP contribution in [-0.4, -0.2) is 0 Å². The topological polar surface area (TPSA) is 17.1 Å². The van der Waals surface area contributed by atoms with Crippen molar-refractivity contribution in [3.8, 4) is 0 Å². The van der Waals surface area contributed by atoms with Crippen molar-refractivity contribution in [2.45, 2.75) is 43.2 Å². The molecular weight excluding hydrogens is 279 g/mol. The Kier molecular flexibility index (Phi) is 4.81. The van der Waals surface area contributed by atoms with E-state index in [4.69, 9.17) is 0 Å². The zero-order valence-electron chi connectivity index (χ0n) is 6.53. The molecule has 2 heteroatoms. The summed E-state index contributed by atoms with van der Waals surface area (Å²) in [4.78, 5) is 0. The Morgan fingerprint density at radius 2 is 1.44 bits per heavy atom. The van der Waals surface area contributed by atoms with Gasteiger partial charge in [-0.05, 0) is 0 Å². The summed E-state index contributed by atoms with van der Waals surface area (Å²) in [6.07, 6.45) is 3.35. The minimum absolute atomic E-state index is 0.306. The summed E-state index contributed by atoms with van der Waals surface area (Å²) < 4.78 is 11.1. The Bertz CT molecular complexity index is 78.7. The van der Waals surface area contributed by atoms with Gasteiger partial charge in [-0.25, -0.2) is 0 Å². The molecule has 0 aliphatic heterocycles. The third-order valence-electron chi connectivity index (χ3n) is 2.25. The van der Waals surface area contributed by atoms with E-state index in [0.29, 0.717) is 3.17 Å². The maximum absolute atomic E-state index is 10.8. The van der Waals surface area contributed by atoms with Crippen LogP contribution < -0.4 is 0 Å². The fraction of sp³-hybridized carbons (Fsp3) is 1.00. The Labute approximate surface area is 69.0 Å². The van der Waals surface area contributed by atoms with Crippen LogP contribution in [0.1, 0.15) is 40.0 Å². The average molecular weight is 294 g/mol. The van der Waals surface area contributed by atoms with E-state index in [1.165, 1.54) is 0 Å². The first-order chi connectivity index (χ1) is 4.24. The first kappa shape index (κ1) is 9.67. The minimum atomic E-state index is -1.48. The van der Waals surface area contributed by atoms with Crippen molar-refractivity contribution in [3.05, 3.63) is 0 Å². The van der Waals surface area contributed by atoms with Gasteiger partial charge in [-0.3, -0.25) is 0 Å². The van der Waals surface area contributed by atoms with Crippen molar-refractivity contribution >= 4 is 0 Å². The first-order valence-corrected chi connectivity index (χ1v) is 6.90. The molecule has 0 fully saturated rings. The number of hydrogen-bond donors (Lipinski definition) is 0. The molecule has 0 bridgehead atoms. The molecule has 0 aliphatic carbocycles. The zero-order chi connectivity index (χ0) is 7.33. The molecule has 0 saturated heterocycles. The van der Waals surface area contributed by atoms with E-state index in [9.17, 15) is 2.85 Å². The second kappa shape index (κ2) is 4.48. The molecule has 0 amide bonds. The number of hydrogen-bond acceptors (Lipinski definition) is 1. The van der Waals surface area contributed by atoms with Crippen LogP contribution in [0.25, 0.3) is 0 Å². The van der Waals surface area contributed by atoms with Crippen LogP contribution >= 0.6 is 0 Å². The molecular formula is C7H15HfO. The Balaban J connectivity index is 3.98. The third-order valence-corrected chi connectivity index (χ3v) is 7.61. The molecule has 0 aromatic heterocycles. The summed E-state index contributed by atoms with van der Waals surface area (Å²) in [7, 11) is 0. The summed E-state index contributed by atoms with van der Waals surface area (Å²) >= 11 is -1.48. The van der Waals surface area contributed by atoms with Gasteiger partial charge in [-0.1, -0.05) is 0 Å². The van der Waals surface area contributed by atoms with E-state index in [-0.39, 0.29) is 0 Å². The van der Waals surface area contributed by atoms with Crippen LogP contribution in [0.15, 0.2) is 0 Å². The second-order valence-corrected chi connectivity index (χ2v) is 6.99. The maximum atomic E-state index is 10.8. The SMILES string of the molecule is CC[C](CC)(CC)[Hf]=[O]. The molecule has 0 atom stereocenters. The third kappa shape index (κ3) is 2.40. The normalized spacial score (nSPS) is 11.0. The van der Waals surface area contributed by atoms with Crippen LogP contribution in [0.2, 0.25) is 3.17 Å². The average Bonchev–Trinajstić information content (AvgIpc) is 1.95. The van der Waals surface area contributed by atoms with Crippen molar-refractivity contribution in [2.75, 3.05) is 0 Å². The van der Waals surface area contributed by atoms with E-state index in [1.54, 1.807) is 0 Å². The van der Waals surface area contributed by atoms with Crippen LogP contribution in [-0.2, 0) is 25.8 Å². The molecule has 9 heavy (non-hydrogen) atoms. The zero-order valence-corrected chi connectivity index (χ0v) is 10.1. The van der Waals surface area contributed by atoms with Gasteiger partial charge in [0.15, 0.2) is 0 Å². The van der Waals surface area contributed by atoms with Crippen molar-refractivity contribution in [1.82, 2.24) is 0 Å². The summed E-state index contributed by atoms with van der Waals surface area (Å²) in [5.41, 5.74) is 0. The van der Waals surface area contributed by atoms with Crippen LogP contribution in [0.4, 0.5) is 0 Å². The molecule has 0 N–H and O–H groups in total. The van der Waals surface area contributed by atoms with E-state index in [1.807, 2.05) is 0 Å². The quantitative estimate of drug-likeness (QED) is 0.729. The first-order valence-electron chi connectivity index (χ1n) is 3.64. The van der Waals surface area contributed by atoms with E-state index in [2.05, 4.69) is 20.8 Å². The van der Waals surface area contributed by atoms with Crippen molar-refractivity contribution in [2.24, 2.45) is 0 Å². The van der Waals surface area contributed by atoms with Gasteiger partial charge >= 0.3 is 69.0 Å². The predicted octanol–water partition coefficient (Wildman–Crippen LogP) is 2.80. The van der Waals surface area contributed by atoms with Crippen LogP contribution in [0, 0.1) is 0 Å². The Hall–Kier alpha value is 0.670. The molecule has 0 rings (SSSR count). The summed E-state index contributed by atoms with van der Waals surface area (Å²) in [5, 5.41) is 0. The molecule has 0 aliphatic rings. The van der Waals surface area contributed by atoms with Gasteiger partial charge in [-0.15, -0.1) is 0 Å².